The van der Waals surface area contributed by atoms with Crippen LogP contribution in [0.2, 0.25) is 5.02 Å². The van der Waals surface area contributed by atoms with E-state index in [1.54, 1.807) is 11.3 Å². The summed E-state index contributed by atoms with van der Waals surface area (Å²) in [5, 5.41) is 6.62. The van der Waals surface area contributed by atoms with Crippen molar-refractivity contribution < 1.29 is 0 Å². The molecule has 16 heavy (non-hydrogen) atoms. The second kappa shape index (κ2) is 4.65. The van der Waals surface area contributed by atoms with Crippen LogP contribution in [0.1, 0.15) is 24.1 Å². The van der Waals surface area contributed by atoms with Gasteiger partial charge < -0.3 is 5.32 Å². The second-order valence-corrected chi connectivity index (χ2v) is 6.35. The normalized spacial score (nSPS) is 30.6. The minimum Gasteiger partial charge on any atom is -0.309 e. The predicted octanol–water partition coefficient (Wildman–Crippen LogP) is 2.73. The molecule has 2 atom stereocenters. The number of thiophene rings is 1. The van der Waals surface area contributed by atoms with Gasteiger partial charge in [0.05, 0.1) is 5.02 Å². The lowest BCUT2D eigenvalue weighted by Gasteiger charge is -2.42. The molecule has 4 heteroatoms. The van der Waals surface area contributed by atoms with E-state index < -0.39 is 0 Å². The molecule has 2 aliphatic rings. The molecule has 2 saturated heterocycles. The van der Waals surface area contributed by atoms with Crippen LogP contribution in [0.15, 0.2) is 11.4 Å². The number of hydrogen-bond donors (Lipinski definition) is 1. The Morgan fingerprint density at radius 2 is 2.12 bits per heavy atom. The van der Waals surface area contributed by atoms with E-state index >= 15 is 0 Å². The van der Waals surface area contributed by atoms with Gasteiger partial charge in [0.15, 0.2) is 0 Å². The summed E-state index contributed by atoms with van der Waals surface area (Å²) < 4.78 is 0. The Bertz CT molecular complexity index is 354. The standard InChI is InChI=1S/C12H17ClN2S/c13-9-4-12(16-8-9)7-15-5-10-2-1-3-11(6-15)14-10/h4,8,10-11,14H,1-3,5-7H2. The van der Waals surface area contributed by atoms with Crippen LogP contribution in [0, 0.1) is 0 Å². The molecular formula is C12H17ClN2S. The number of piperazine rings is 1. The quantitative estimate of drug-likeness (QED) is 0.875. The fourth-order valence-electron chi connectivity index (χ4n) is 2.88. The van der Waals surface area contributed by atoms with Gasteiger partial charge in [-0.1, -0.05) is 18.0 Å². The third kappa shape index (κ3) is 2.43. The van der Waals surface area contributed by atoms with Crippen LogP contribution in [-0.2, 0) is 6.54 Å². The van der Waals surface area contributed by atoms with Gasteiger partial charge in [-0.3, -0.25) is 4.90 Å². The van der Waals surface area contributed by atoms with Gasteiger partial charge in [0.25, 0.3) is 0 Å². The van der Waals surface area contributed by atoms with Crippen LogP contribution in [0.4, 0.5) is 0 Å². The molecule has 1 N–H and O–H groups in total. The smallest absolute Gasteiger partial charge is 0.0516 e. The summed E-state index contributed by atoms with van der Waals surface area (Å²) in [5.41, 5.74) is 0. The Balaban J connectivity index is 1.63. The number of hydrogen-bond acceptors (Lipinski definition) is 3. The van der Waals surface area contributed by atoms with E-state index in [2.05, 4.69) is 16.3 Å². The van der Waals surface area contributed by atoms with Crippen LogP contribution < -0.4 is 5.32 Å². The van der Waals surface area contributed by atoms with Gasteiger partial charge >= 0.3 is 0 Å². The average Bonchev–Trinajstić information content (AvgIpc) is 2.63. The molecule has 0 amide bonds. The van der Waals surface area contributed by atoms with Gasteiger partial charge in [0, 0.05) is 42.0 Å². The first-order valence-corrected chi connectivity index (χ1v) is 7.27. The largest absolute Gasteiger partial charge is 0.309 e. The van der Waals surface area contributed by atoms with Gasteiger partial charge in [-0.05, 0) is 18.9 Å². The Morgan fingerprint density at radius 3 is 2.75 bits per heavy atom. The fraction of sp³-hybridized carbons (Fsp3) is 0.667. The lowest BCUT2D eigenvalue weighted by molar-refractivity contribution is 0.120. The summed E-state index contributed by atoms with van der Waals surface area (Å²) in [6.07, 6.45) is 4.09. The van der Waals surface area contributed by atoms with Gasteiger partial charge in [-0.2, -0.15) is 0 Å². The van der Waals surface area contributed by atoms with E-state index in [0.29, 0.717) is 0 Å². The Labute approximate surface area is 106 Å². The first kappa shape index (κ1) is 11.0. The fourth-order valence-corrected chi connectivity index (χ4v) is 4.00. The van der Waals surface area contributed by atoms with E-state index in [4.69, 9.17) is 11.6 Å². The minimum atomic E-state index is 0.725. The topological polar surface area (TPSA) is 15.3 Å². The van der Waals surface area contributed by atoms with Crippen molar-refractivity contribution in [3.63, 3.8) is 0 Å². The highest BCUT2D eigenvalue weighted by Gasteiger charge is 2.29. The molecule has 0 saturated carbocycles. The maximum Gasteiger partial charge on any atom is 0.0516 e. The van der Waals surface area contributed by atoms with Gasteiger partial charge in [0.1, 0.15) is 0 Å². The van der Waals surface area contributed by atoms with Crippen molar-refractivity contribution in [1.82, 2.24) is 10.2 Å². The van der Waals surface area contributed by atoms with Crippen molar-refractivity contribution in [2.75, 3.05) is 13.1 Å². The molecule has 0 spiro atoms. The summed E-state index contributed by atoms with van der Waals surface area (Å²) in [6, 6.07) is 3.55. The molecule has 3 rings (SSSR count). The molecule has 0 aliphatic carbocycles. The van der Waals surface area contributed by atoms with E-state index in [1.165, 1.54) is 37.2 Å². The zero-order valence-corrected chi connectivity index (χ0v) is 10.9. The second-order valence-electron chi connectivity index (χ2n) is 4.92. The molecule has 0 aromatic carbocycles. The van der Waals surface area contributed by atoms with Gasteiger partial charge in [-0.15, -0.1) is 11.3 Å². The molecule has 2 bridgehead atoms. The zero-order chi connectivity index (χ0) is 11.0. The van der Waals surface area contributed by atoms with Crippen molar-refractivity contribution in [3.05, 3.63) is 21.3 Å². The first-order chi connectivity index (χ1) is 7.79. The number of piperidine rings is 1. The van der Waals surface area contributed by atoms with Crippen molar-refractivity contribution >= 4 is 22.9 Å². The molecule has 3 heterocycles. The molecular weight excluding hydrogens is 240 g/mol. The SMILES string of the molecule is Clc1csc(CN2CC3CCCC(C2)N3)c1. The van der Waals surface area contributed by atoms with E-state index in [0.717, 1.165) is 23.7 Å². The van der Waals surface area contributed by atoms with Crippen LogP contribution in [0.5, 0.6) is 0 Å². The van der Waals surface area contributed by atoms with Crippen LogP contribution >= 0.6 is 22.9 Å². The Kier molecular flexibility index (Phi) is 3.20. The monoisotopic (exact) mass is 256 g/mol. The van der Waals surface area contributed by atoms with Crippen molar-refractivity contribution in [2.24, 2.45) is 0 Å². The van der Waals surface area contributed by atoms with Crippen LogP contribution in [0.3, 0.4) is 0 Å². The molecule has 1 aromatic rings. The molecule has 1 aromatic heterocycles. The number of likely N-dealkylation sites (tertiary alicyclic amines) is 1. The van der Waals surface area contributed by atoms with Gasteiger partial charge in [-0.25, -0.2) is 0 Å². The third-order valence-corrected chi connectivity index (χ3v) is 4.80. The number of rotatable bonds is 2. The lowest BCUT2D eigenvalue weighted by Crippen LogP contribution is -2.58. The van der Waals surface area contributed by atoms with Crippen molar-refractivity contribution in [1.29, 1.82) is 0 Å². The van der Waals surface area contributed by atoms with E-state index in [1.807, 2.05) is 5.38 Å². The number of nitrogens with zero attached hydrogens (tertiary/aromatic N) is 1. The zero-order valence-electron chi connectivity index (χ0n) is 9.29. The highest BCUT2D eigenvalue weighted by atomic mass is 35.5. The number of nitrogens with one attached hydrogen (secondary N) is 1. The first-order valence-electron chi connectivity index (χ1n) is 6.01. The highest BCUT2D eigenvalue weighted by Crippen LogP contribution is 2.24. The van der Waals surface area contributed by atoms with Crippen molar-refractivity contribution in [2.45, 2.75) is 37.9 Å². The summed E-state index contributed by atoms with van der Waals surface area (Å²) in [6.45, 7) is 3.48. The predicted molar refractivity (Wildman–Crippen MR) is 69.2 cm³/mol. The molecule has 88 valence electrons. The minimum absolute atomic E-state index is 0.725. The molecule has 2 nitrogen and oxygen atoms in total. The molecule has 0 radical (unpaired) electrons. The summed E-state index contributed by atoms with van der Waals surface area (Å²) in [4.78, 5) is 3.97. The van der Waals surface area contributed by atoms with Crippen molar-refractivity contribution in [3.8, 4) is 0 Å². The maximum absolute atomic E-state index is 5.95. The molecule has 2 aliphatic heterocycles. The van der Waals surface area contributed by atoms with Gasteiger partial charge in [0.2, 0.25) is 0 Å². The van der Waals surface area contributed by atoms with E-state index in [9.17, 15) is 0 Å². The third-order valence-electron chi connectivity index (χ3n) is 3.53. The maximum atomic E-state index is 5.95. The molecule has 2 unspecified atom stereocenters. The Hall–Kier alpha value is -0.0900. The number of fused-ring (bicyclic) bond motifs is 2. The average molecular weight is 257 g/mol. The molecule has 2 fully saturated rings. The summed E-state index contributed by atoms with van der Waals surface area (Å²) >= 11 is 7.73. The van der Waals surface area contributed by atoms with Crippen LogP contribution in [-0.4, -0.2) is 30.1 Å². The summed E-state index contributed by atoms with van der Waals surface area (Å²) in [7, 11) is 0. The van der Waals surface area contributed by atoms with Crippen LogP contribution in [0.25, 0.3) is 0 Å². The summed E-state index contributed by atoms with van der Waals surface area (Å²) in [5.74, 6) is 0. The lowest BCUT2D eigenvalue weighted by atomic mass is 9.94. The van der Waals surface area contributed by atoms with E-state index in [-0.39, 0.29) is 0 Å². The number of halogens is 1. The highest BCUT2D eigenvalue weighted by molar-refractivity contribution is 7.10. The Morgan fingerprint density at radius 1 is 1.38 bits per heavy atom.